The number of rotatable bonds is 18. The molecule has 2 aromatic heterocycles. The van der Waals surface area contributed by atoms with Crippen LogP contribution in [0.4, 0.5) is 21.5 Å². The number of pyridine rings is 1. The van der Waals surface area contributed by atoms with E-state index in [4.69, 9.17) is 14.2 Å². The standard InChI is InChI=1S/C59H70FN9O9S/c1-37(2)45-8-6-7-9-46(45)52-34-66(31-39-10-15-53(55(22-39)76-5)78-43-32-65(4)33-43)20-21-68(52)41-26-59(27-41)35-67(36-59)40-11-13-47(54(23-40)77-42-24-48-49(60)30-63-56(48)62-29-42)57(70)64-79(74,75)44-12-14-50(51(25-44)69(72)73)61-28-38-16-18-58(3,71)19-17-38/h6-15,22-25,29-30,37-38,41,43,52,61,71H,16-21,26-28,31-36H2,1-5H3,(H,62,63)(H,64,70)/t38-,52-,58-/m0/s1. The Labute approximate surface area is 460 Å². The number of halogens is 1. The number of methoxy groups -OCH3 is 1. The Balaban J connectivity index is 0.783. The molecule has 3 saturated heterocycles. The quantitative estimate of drug-likeness (QED) is 0.0467. The van der Waals surface area contributed by atoms with E-state index in [0.29, 0.717) is 37.0 Å². The van der Waals surface area contributed by atoms with Crippen LogP contribution in [0.15, 0.2) is 102 Å². The van der Waals surface area contributed by atoms with Crippen LogP contribution in [0, 0.1) is 27.3 Å². The minimum absolute atomic E-state index is 0.0124. The molecule has 1 amide bonds. The van der Waals surface area contributed by atoms with Crippen molar-refractivity contribution in [3.63, 3.8) is 0 Å². The second-order valence-electron chi connectivity index (χ2n) is 23.3. The Hall–Kier alpha value is -6.84. The zero-order chi connectivity index (χ0) is 55.4. The van der Waals surface area contributed by atoms with Crippen molar-refractivity contribution in [2.45, 2.75) is 100 Å². The Morgan fingerprint density at radius 3 is 2.48 bits per heavy atom. The van der Waals surface area contributed by atoms with Crippen LogP contribution < -0.4 is 29.1 Å². The molecule has 79 heavy (non-hydrogen) atoms. The number of piperazine rings is 1. The van der Waals surface area contributed by atoms with Gasteiger partial charge < -0.3 is 34.5 Å². The Morgan fingerprint density at radius 1 is 0.975 bits per heavy atom. The topological polar surface area (TPSA) is 208 Å². The highest BCUT2D eigenvalue weighted by Gasteiger charge is 2.55. The smallest absolute Gasteiger partial charge is 0.293 e. The molecular formula is C59H70FN9O9S. The number of aliphatic hydroxyl groups is 1. The number of likely N-dealkylation sites (tertiary alicyclic amines) is 1. The van der Waals surface area contributed by atoms with E-state index in [2.05, 4.69) is 96.9 Å². The molecule has 4 aromatic carbocycles. The van der Waals surface area contributed by atoms with E-state index >= 15 is 0 Å². The van der Waals surface area contributed by atoms with Crippen LogP contribution in [0.3, 0.4) is 0 Å². The van der Waals surface area contributed by atoms with Gasteiger partial charge in [0.25, 0.3) is 21.6 Å². The number of nitrogens with zero attached hydrogens (tertiary/aromatic N) is 6. The number of aromatic amines is 1. The molecule has 5 aliphatic rings. The maximum absolute atomic E-state index is 14.8. The van der Waals surface area contributed by atoms with Gasteiger partial charge in [-0.2, -0.15) is 0 Å². The van der Waals surface area contributed by atoms with Gasteiger partial charge in [-0.15, -0.1) is 0 Å². The number of aromatic nitrogens is 2. The number of anilines is 2. The van der Waals surface area contributed by atoms with E-state index in [1.165, 1.54) is 53.3 Å². The number of amides is 1. The Bertz CT molecular complexity index is 3360. The number of ether oxygens (including phenoxy) is 3. The zero-order valence-electron chi connectivity index (χ0n) is 45.4. The van der Waals surface area contributed by atoms with E-state index in [9.17, 15) is 32.8 Å². The minimum atomic E-state index is -4.65. The van der Waals surface area contributed by atoms with Crippen LogP contribution in [-0.4, -0.2) is 133 Å². The lowest BCUT2D eigenvalue weighted by atomic mass is 9.59. The Kier molecular flexibility index (Phi) is 14.8. The number of hydrogen-bond donors (Lipinski definition) is 4. The summed E-state index contributed by atoms with van der Waals surface area (Å²) in [5.74, 6) is 0.629. The molecule has 2 aliphatic carbocycles. The van der Waals surface area contributed by atoms with Gasteiger partial charge in [0.1, 0.15) is 34.8 Å². The average molecular weight is 1100 g/mol. The van der Waals surface area contributed by atoms with Gasteiger partial charge in [0.2, 0.25) is 0 Å². The van der Waals surface area contributed by atoms with Crippen LogP contribution in [0.25, 0.3) is 11.0 Å². The summed E-state index contributed by atoms with van der Waals surface area (Å²) in [5, 5.41) is 25.9. The number of likely N-dealkylation sites (N-methyl/N-ethyl adjacent to an activating group) is 1. The van der Waals surface area contributed by atoms with Crippen molar-refractivity contribution in [3.05, 3.63) is 136 Å². The summed E-state index contributed by atoms with van der Waals surface area (Å²) < 4.78 is 63.0. The number of carbonyl (C=O) groups is 1. The van der Waals surface area contributed by atoms with Crippen molar-refractivity contribution in [3.8, 4) is 23.0 Å². The normalized spacial score (nSPS) is 22.1. The molecule has 1 spiro atoms. The van der Waals surface area contributed by atoms with Crippen LogP contribution >= 0.6 is 0 Å². The predicted octanol–water partition coefficient (Wildman–Crippen LogP) is 9.23. The number of nitro benzene ring substituents is 1. The molecule has 2 saturated carbocycles. The van der Waals surface area contributed by atoms with E-state index in [1.54, 1.807) is 26.2 Å². The zero-order valence-corrected chi connectivity index (χ0v) is 46.2. The third kappa shape index (κ3) is 11.5. The van der Waals surface area contributed by atoms with Gasteiger partial charge >= 0.3 is 0 Å². The van der Waals surface area contributed by atoms with E-state index < -0.39 is 42.9 Å². The second kappa shape index (κ2) is 21.7. The third-order valence-corrected chi connectivity index (χ3v) is 18.4. The summed E-state index contributed by atoms with van der Waals surface area (Å²) in [6.45, 7) is 13.6. The van der Waals surface area contributed by atoms with Crippen molar-refractivity contribution in [1.82, 2.24) is 29.4 Å². The number of nitro groups is 1. The van der Waals surface area contributed by atoms with Gasteiger partial charge in [0.15, 0.2) is 11.5 Å². The number of carbonyl (C=O) groups excluding carboxylic acids is 1. The first kappa shape index (κ1) is 54.1. The first-order chi connectivity index (χ1) is 37.8. The van der Waals surface area contributed by atoms with Gasteiger partial charge in [-0.1, -0.05) is 44.2 Å². The molecule has 11 rings (SSSR count). The van der Waals surface area contributed by atoms with Crippen molar-refractivity contribution in [2.75, 3.05) is 76.7 Å². The summed E-state index contributed by atoms with van der Waals surface area (Å²) in [6.07, 6.45) is 7.49. The highest BCUT2D eigenvalue weighted by molar-refractivity contribution is 7.90. The van der Waals surface area contributed by atoms with Gasteiger partial charge in [-0.25, -0.2) is 22.5 Å². The number of benzene rings is 4. The molecule has 5 heterocycles. The number of hydrogen-bond acceptors (Lipinski definition) is 15. The molecule has 418 valence electrons. The molecule has 0 unspecified atom stereocenters. The maximum Gasteiger partial charge on any atom is 0.293 e. The summed E-state index contributed by atoms with van der Waals surface area (Å²) in [7, 11) is -0.865. The maximum atomic E-state index is 14.8. The molecule has 5 fully saturated rings. The first-order valence-corrected chi connectivity index (χ1v) is 28.9. The van der Waals surface area contributed by atoms with Gasteiger partial charge in [-0.05, 0) is 123 Å². The van der Waals surface area contributed by atoms with Crippen molar-refractivity contribution in [2.24, 2.45) is 11.3 Å². The SMILES string of the molecule is COc1cc(CN2CCN(C3CC4(C3)CN(c3ccc(C(=O)NS(=O)(=O)c5ccc(NC[C@H]6CC[C@](C)(O)CC6)c([N+](=O)[O-])c5)c(Oc5cnc6[nH]cc(F)c6c5)c3)C4)[C@H](c3ccccc3C(C)C)C2)ccc1OC1CN(C)C1. The summed E-state index contributed by atoms with van der Waals surface area (Å²) >= 11 is 0. The molecule has 0 bridgehead atoms. The lowest BCUT2D eigenvalue weighted by Gasteiger charge is -2.63. The lowest BCUT2D eigenvalue weighted by molar-refractivity contribution is -0.384. The summed E-state index contributed by atoms with van der Waals surface area (Å²) in [4.78, 5) is 42.0. The first-order valence-electron chi connectivity index (χ1n) is 27.4. The summed E-state index contributed by atoms with van der Waals surface area (Å²) in [6, 6.07) is 25.6. The highest BCUT2D eigenvalue weighted by atomic mass is 32.2. The van der Waals surface area contributed by atoms with Gasteiger partial charge in [-0.3, -0.25) is 29.6 Å². The molecule has 3 aliphatic heterocycles. The molecule has 18 nitrogen and oxygen atoms in total. The van der Waals surface area contributed by atoms with Crippen molar-refractivity contribution < 1.29 is 41.8 Å². The Morgan fingerprint density at radius 2 is 1.75 bits per heavy atom. The molecule has 4 N–H and O–H groups in total. The van der Waals surface area contributed by atoms with Crippen molar-refractivity contribution in [1.29, 1.82) is 0 Å². The lowest BCUT2D eigenvalue weighted by Crippen LogP contribution is -2.68. The van der Waals surface area contributed by atoms with E-state index in [-0.39, 0.29) is 51.6 Å². The predicted molar refractivity (Wildman–Crippen MR) is 299 cm³/mol. The fourth-order valence-corrected chi connectivity index (χ4v) is 13.6. The van der Waals surface area contributed by atoms with Crippen LogP contribution in [-0.2, 0) is 16.6 Å². The number of fused-ring (bicyclic) bond motifs is 1. The second-order valence-corrected chi connectivity index (χ2v) is 25.0. The number of sulfonamides is 1. The molecule has 6 aromatic rings. The fourth-order valence-electron chi connectivity index (χ4n) is 12.6. The van der Waals surface area contributed by atoms with E-state index in [1.807, 2.05) is 6.07 Å². The highest BCUT2D eigenvalue weighted by Crippen LogP contribution is 2.54. The van der Waals surface area contributed by atoms with Gasteiger partial charge in [0.05, 0.1) is 39.7 Å². The molecule has 1 atom stereocenters. The van der Waals surface area contributed by atoms with E-state index in [0.717, 1.165) is 101 Å². The van der Waals surface area contributed by atoms with Crippen molar-refractivity contribution >= 4 is 44.0 Å². The fraction of sp³-hybridized carbons (Fsp3) is 0.458. The average Bonchev–Trinajstić information content (AvgIpc) is 3.97. The van der Waals surface area contributed by atoms with Crippen LogP contribution in [0.1, 0.15) is 98.3 Å². The minimum Gasteiger partial charge on any atom is -0.493 e. The number of nitrogens with one attached hydrogen (secondary N) is 3. The number of H-pyrrole nitrogens is 1. The van der Waals surface area contributed by atoms with Gasteiger partial charge in [0, 0.05) is 100 Å². The molecular weight excluding hydrogens is 1030 g/mol. The molecule has 20 heteroatoms. The largest absolute Gasteiger partial charge is 0.493 e. The third-order valence-electron chi connectivity index (χ3n) is 17.0. The van der Waals surface area contributed by atoms with Crippen LogP contribution in [0.5, 0.6) is 23.0 Å². The molecule has 0 radical (unpaired) electrons. The van der Waals surface area contributed by atoms with Crippen LogP contribution in [0.2, 0.25) is 0 Å². The monoisotopic (exact) mass is 1100 g/mol. The summed E-state index contributed by atoms with van der Waals surface area (Å²) in [5.41, 5.74) is 3.87.